The van der Waals surface area contributed by atoms with Crippen molar-refractivity contribution in [2.45, 2.75) is 32.7 Å². The number of rotatable bonds is 6. The second-order valence-corrected chi connectivity index (χ2v) is 6.61. The van der Waals surface area contributed by atoms with E-state index in [0.717, 1.165) is 24.3 Å². The molecule has 0 radical (unpaired) electrons. The average Bonchev–Trinajstić information content (AvgIpc) is 2.97. The summed E-state index contributed by atoms with van der Waals surface area (Å²) in [5, 5.41) is 14.7. The molecule has 1 aliphatic rings. The van der Waals surface area contributed by atoms with E-state index in [1.165, 1.54) is 0 Å². The van der Waals surface area contributed by atoms with Crippen molar-refractivity contribution < 1.29 is 14.6 Å². The molecule has 0 saturated carbocycles. The van der Waals surface area contributed by atoms with E-state index in [9.17, 15) is 9.90 Å². The van der Waals surface area contributed by atoms with Gasteiger partial charge in [0.15, 0.2) is 6.61 Å². The number of nitrogens with zero attached hydrogens (tertiary/aromatic N) is 3. The summed E-state index contributed by atoms with van der Waals surface area (Å²) < 4.78 is 7.42. The highest BCUT2D eigenvalue weighted by Crippen LogP contribution is 2.26. The van der Waals surface area contributed by atoms with Crippen molar-refractivity contribution in [3.8, 4) is 5.75 Å². The van der Waals surface area contributed by atoms with Crippen molar-refractivity contribution in [2.24, 2.45) is 5.73 Å². The number of nitrogens with two attached hydrogens (primary N) is 1. The zero-order valence-corrected chi connectivity index (χ0v) is 14.7. The molecule has 0 saturated heterocycles. The topological polar surface area (TPSA) is 93.6 Å². The third-order valence-electron chi connectivity index (χ3n) is 4.11. The quantitative estimate of drug-likeness (QED) is 0.809. The van der Waals surface area contributed by atoms with Crippen molar-refractivity contribution in [3.05, 3.63) is 46.2 Å². The van der Waals surface area contributed by atoms with Gasteiger partial charge in [-0.15, -0.1) is 0 Å². The van der Waals surface area contributed by atoms with E-state index in [1.54, 1.807) is 19.1 Å². The summed E-state index contributed by atoms with van der Waals surface area (Å²) in [7, 11) is 0. The van der Waals surface area contributed by atoms with Crippen molar-refractivity contribution in [1.29, 1.82) is 0 Å². The summed E-state index contributed by atoms with van der Waals surface area (Å²) in [6.45, 7) is 4.45. The highest BCUT2D eigenvalue weighted by atomic mass is 35.5. The first-order valence-corrected chi connectivity index (χ1v) is 8.46. The molecule has 2 aromatic rings. The maximum atomic E-state index is 11.0. The van der Waals surface area contributed by atoms with Gasteiger partial charge in [-0.3, -0.25) is 14.4 Å². The molecule has 2 heterocycles. The van der Waals surface area contributed by atoms with Gasteiger partial charge in [0.1, 0.15) is 5.75 Å². The summed E-state index contributed by atoms with van der Waals surface area (Å²) in [5.41, 5.74) is 7.80. The zero-order valence-electron chi connectivity index (χ0n) is 14.0. The number of hydrogen-bond donors (Lipinski definition) is 2. The molecule has 8 heteroatoms. The van der Waals surface area contributed by atoms with Gasteiger partial charge in [0.2, 0.25) is 0 Å². The lowest BCUT2D eigenvalue weighted by Gasteiger charge is -2.28. The van der Waals surface area contributed by atoms with Crippen LogP contribution in [-0.4, -0.2) is 38.8 Å². The van der Waals surface area contributed by atoms with Crippen molar-refractivity contribution in [3.63, 3.8) is 0 Å². The molecule has 3 N–H and O–H groups in total. The zero-order chi connectivity index (χ0) is 18.0. The van der Waals surface area contributed by atoms with Gasteiger partial charge in [0, 0.05) is 30.2 Å². The number of carbonyl (C=O) groups is 1. The van der Waals surface area contributed by atoms with Crippen LogP contribution in [0.1, 0.15) is 30.0 Å². The van der Waals surface area contributed by atoms with E-state index < -0.39 is 12.0 Å². The number of aromatic nitrogens is 2. The minimum Gasteiger partial charge on any atom is -0.483 e. The van der Waals surface area contributed by atoms with Crippen molar-refractivity contribution in [1.82, 2.24) is 14.7 Å². The highest BCUT2D eigenvalue weighted by Gasteiger charge is 2.21. The molecule has 1 aliphatic heterocycles. The molecule has 1 unspecified atom stereocenters. The maximum absolute atomic E-state index is 11.0. The Kier molecular flexibility index (Phi) is 5.27. The third-order valence-corrected chi connectivity index (χ3v) is 4.35. The molecular weight excluding hydrogens is 344 g/mol. The van der Waals surface area contributed by atoms with E-state index in [4.69, 9.17) is 22.1 Å². The van der Waals surface area contributed by atoms with Crippen LogP contribution in [0.4, 0.5) is 0 Å². The molecule has 0 spiro atoms. The second-order valence-electron chi connectivity index (χ2n) is 6.18. The minimum atomic E-state index is -0.576. The summed E-state index contributed by atoms with van der Waals surface area (Å²) in [4.78, 5) is 13.2. The SMILES string of the molecule is CC(O)c1cc2n(n1)CCN(Cc1cc(Cl)ccc1OCC(N)=O)C2. The number of halogens is 1. The summed E-state index contributed by atoms with van der Waals surface area (Å²) in [5.74, 6) is 0.0837. The number of aliphatic hydroxyl groups excluding tert-OH is 1. The second kappa shape index (κ2) is 7.43. The molecule has 0 fully saturated rings. The fourth-order valence-electron chi connectivity index (χ4n) is 2.88. The Hall–Kier alpha value is -2.09. The number of hydrogen-bond acceptors (Lipinski definition) is 5. The molecule has 1 aromatic heterocycles. The predicted molar refractivity (Wildman–Crippen MR) is 93.1 cm³/mol. The van der Waals surface area contributed by atoms with Crippen LogP contribution in [0.25, 0.3) is 0 Å². The lowest BCUT2D eigenvalue weighted by molar-refractivity contribution is -0.119. The van der Waals surface area contributed by atoms with Gasteiger partial charge in [-0.1, -0.05) is 11.6 Å². The van der Waals surface area contributed by atoms with Crippen LogP contribution in [0.2, 0.25) is 5.02 Å². The molecule has 0 aliphatic carbocycles. The van der Waals surface area contributed by atoms with E-state index in [2.05, 4.69) is 10.00 Å². The molecule has 25 heavy (non-hydrogen) atoms. The molecule has 1 amide bonds. The van der Waals surface area contributed by atoms with Gasteiger partial charge >= 0.3 is 0 Å². The molecule has 7 nitrogen and oxygen atoms in total. The van der Waals surface area contributed by atoms with Gasteiger partial charge in [-0.2, -0.15) is 5.10 Å². The van der Waals surface area contributed by atoms with E-state index >= 15 is 0 Å². The lowest BCUT2D eigenvalue weighted by atomic mass is 10.1. The number of primary amides is 1. The number of benzene rings is 1. The Bertz CT molecular complexity index is 775. The van der Waals surface area contributed by atoms with E-state index in [1.807, 2.05) is 16.8 Å². The van der Waals surface area contributed by atoms with Crippen molar-refractivity contribution >= 4 is 17.5 Å². The van der Waals surface area contributed by atoms with E-state index in [0.29, 0.717) is 29.6 Å². The summed E-state index contributed by atoms with van der Waals surface area (Å²) in [6, 6.07) is 7.24. The fraction of sp³-hybridized carbons (Fsp3) is 0.412. The average molecular weight is 365 g/mol. The Morgan fingerprint density at radius 1 is 1.44 bits per heavy atom. The summed E-state index contributed by atoms with van der Waals surface area (Å²) >= 11 is 6.11. The van der Waals surface area contributed by atoms with Gasteiger partial charge in [-0.05, 0) is 31.2 Å². The lowest BCUT2D eigenvalue weighted by Crippen LogP contribution is -2.33. The molecule has 1 atom stereocenters. The van der Waals surface area contributed by atoms with E-state index in [-0.39, 0.29) is 6.61 Å². The largest absolute Gasteiger partial charge is 0.483 e. The minimum absolute atomic E-state index is 0.168. The molecular formula is C17H21ClN4O3. The normalized spacial score (nSPS) is 15.6. The monoisotopic (exact) mass is 364 g/mol. The Labute approximate surface area is 150 Å². The van der Waals surface area contributed by atoms with Gasteiger partial charge in [0.05, 0.1) is 24.0 Å². The fourth-order valence-corrected chi connectivity index (χ4v) is 3.08. The van der Waals surface area contributed by atoms with Crippen LogP contribution in [0.5, 0.6) is 5.75 Å². The third kappa shape index (κ3) is 4.31. The Balaban J connectivity index is 1.74. The van der Waals surface area contributed by atoms with Crippen LogP contribution in [0.3, 0.4) is 0 Å². The summed E-state index contributed by atoms with van der Waals surface area (Å²) in [6.07, 6.45) is -0.576. The number of carbonyl (C=O) groups excluding carboxylic acids is 1. The first-order valence-electron chi connectivity index (χ1n) is 8.09. The van der Waals surface area contributed by atoms with Crippen LogP contribution in [0, 0.1) is 0 Å². The Morgan fingerprint density at radius 2 is 2.24 bits per heavy atom. The smallest absolute Gasteiger partial charge is 0.255 e. The molecule has 3 rings (SSSR count). The van der Waals surface area contributed by atoms with Gasteiger partial charge in [-0.25, -0.2) is 0 Å². The Morgan fingerprint density at radius 3 is 2.96 bits per heavy atom. The van der Waals surface area contributed by atoms with Crippen LogP contribution >= 0.6 is 11.6 Å². The molecule has 1 aromatic carbocycles. The van der Waals surface area contributed by atoms with Crippen LogP contribution < -0.4 is 10.5 Å². The predicted octanol–water partition coefficient (Wildman–Crippen LogP) is 1.47. The van der Waals surface area contributed by atoms with Gasteiger partial charge < -0.3 is 15.6 Å². The number of fused-ring (bicyclic) bond motifs is 1. The first-order chi connectivity index (χ1) is 11.9. The highest BCUT2D eigenvalue weighted by molar-refractivity contribution is 6.30. The first kappa shape index (κ1) is 17.7. The molecule has 0 bridgehead atoms. The number of aliphatic hydroxyl groups is 1. The van der Waals surface area contributed by atoms with Gasteiger partial charge in [0.25, 0.3) is 5.91 Å². The number of amides is 1. The maximum Gasteiger partial charge on any atom is 0.255 e. The standard InChI is InChI=1S/C17H21ClN4O3/c1-11(23)15-7-14-9-21(4-5-22(14)20-15)8-12-6-13(18)2-3-16(12)25-10-17(19)24/h2-3,6-7,11,23H,4-5,8-10H2,1H3,(H2,19,24). The number of ether oxygens (including phenoxy) is 1. The van der Waals surface area contributed by atoms with Crippen molar-refractivity contribution in [2.75, 3.05) is 13.2 Å². The van der Waals surface area contributed by atoms with Crippen LogP contribution in [-0.2, 0) is 24.4 Å². The van der Waals surface area contributed by atoms with Crippen LogP contribution in [0.15, 0.2) is 24.3 Å². The molecule has 134 valence electrons.